The summed E-state index contributed by atoms with van der Waals surface area (Å²) in [5.74, 6) is 0.514. The number of hydrogen-bond donors (Lipinski definition) is 1. The molecule has 1 fully saturated rings. The molecule has 1 heterocycles. The lowest BCUT2D eigenvalue weighted by atomic mass is 10.2. The number of carbonyl (C=O) groups excluding carboxylic acids is 2. The summed E-state index contributed by atoms with van der Waals surface area (Å²) < 4.78 is 5.12. The lowest BCUT2D eigenvalue weighted by molar-refractivity contribution is -0.117. The van der Waals surface area contributed by atoms with Crippen LogP contribution < -0.4 is 15.0 Å². The van der Waals surface area contributed by atoms with Gasteiger partial charge in [0.05, 0.1) is 13.2 Å². The maximum atomic E-state index is 12.2. The number of ether oxygens (including phenoxy) is 1. The summed E-state index contributed by atoms with van der Waals surface area (Å²) in [6.07, 6.45) is 0.283. The molecular formula is C18H17ClN2O3. The fourth-order valence-electron chi connectivity index (χ4n) is 2.69. The second kappa shape index (κ2) is 6.93. The number of benzene rings is 2. The Morgan fingerprint density at radius 3 is 2.46 bits per heavy atom. The van der Waals surface area contributed by atoms with Crippen LogP contribution in [0, 0.1) is 0 Å². The molecule has 1 aliphatic rings. The maximum Gasteiger partial charge on any atom is 0.251 e. The molecule has 2 amide bonds. The van der Waals surface area contributed by atoms with E-state index in [1.165, 1.54) is 0 Å². The molecule has 1 unspecified atom stereocenters. The molecule has 1 saturated heterocycles. The number of carbonyl (C=O) groups is 2. The number of methoxy groups -OCH3 is 1. The van der Waals surface area contributed by atoms with Crippen molar-refractivity contribution < 1.29 is 14.3 Å². The van der Waals surface area contributed by atoms with Crippen LogP contribution in [0.25, 0.3) is 0 Å². The zero-order valence-corrected chi connectivity index (χ0v) is 13.9. The predicted octanol–water partition coefficient (Wildman–Crippen LogP) is 2.88. The van der Waals surface area contributed by atoms with Crippen molar-refractivity contribution in [2.24, 2.45) is 0 Å². The van der Waals surface area contributed by atoms with Gasteiger partial charge in [-0.1, -0.05) is 11.6 Å². The average molecular weight is 345 g/mol. The Kier molecular flexibility index (Phi) is 4.71. The van der Waals surface area contributed by atoms with Crippen molar-refractivity contribution in [3.8, 4) is 5.75 Å². The third kappa shape index (κ3) is 3.51. The zero-order valence-electron chi connectivity index (χ0n) is 13.2. The topological polar surface area (TPSA) is 58.6 Å². The van der Waals surface area contributed by atoms with Gasteiger partial charge in [0.2, 0.25) is 5.91 Å². The molecular weight excluding hydrogens is 328 g/mol. The lowest BCUT2D eigenvalue weighted by Crippen LogP contribution is -2.37. The lowest BCUT2D eigenvalue weighted by Gasteiger charge is -2.17. The molecule has 2 aromatic rings. The minimum absolute atomic E-state index is 0.0124. The summed E-state index contributed by atoms with van der Waals surface area (Å²) in [4.78, 5) is 26.1. The van der Waals surface area contributed by atoms with Gasteiger partial charge in [-0.05, 0) is 48.5 Å². The van der Waals surface area contributed by atoms with Crippen LogP contribution >= 0.6 is 11.6 Å². The fourth-order valence-corrected chi connectivity index (χ4v) is 2.81. The van der Waals surface area contributed by atoms with Gasteiger partial charge in [0.1, 0.15) is 5.75 Å². The molecule has 3 rings (SSSR count). The van der Waals surface area contributed by atoms with Crippen molar-refractivity contribution in [1.29, 1.82) is 0 Å². The molecule has 124 valence electrons. The van der Waals surface area contributed by atoms with Crippen molar-refractivity contribution in [2.75, 3.05) is 18.6 Å². The van der Waals surface area contributed by atoms with Crippen molar-refractivity contribution in [1.82, 2.24) is 5.32 Å². The average Bonchev–Trinajstić information content (AvgIpc) is 2.95. The van der Waals surface area contributed by atoms with Gasteiger partial charge in [0.15, 0.2) is 0 Å². The quantitative estimate of drug-likeness (QED) is 0.927. The van der Waals surface area contributed by atoms with Gasteiger partial charge in [0.25, 0.3) is 5.91 Å². The van der Waals surface area contributed by atoms with Crippen molar-refractivity contribution >= 4 is 29.1 Å². The standard InChI is InChI=1S/C18H17ClN2O3/c1-24-16-8-6-15(7-9-16)21-11-14(10-17(21)22)20-18(23)12-2-4-13(19)5-3-12/h2-9,14H,10-11H2,1H3,(H,20,23). The summed E-state index contributed by atoms with van der Waals surface area (Å²) in [6, 6.07) is 13.7. The van der Waals surface area contributed by atoms with Gasteiger partial charge < -0.3 is 15.0 Å². The molecule has 0 radical (unpaired) electrons. The largest absolute Gasteiger partial charge is 0.497 e. The second-order valence-electron chi connectivity index (χ2n) is 5.58. The first-order valence-electron chi connectivity index (χ1n) is 7.57. The van der Waals surface area contributed by atoms with Gasteiger partial charge in [-0.25, -0.2) is 0 Å². The molecule has 24 heavy (non-hydrogen) atoms. The minimum atomic E-state index is -0.220. The van der Waals surface area contributed by atoms with Crippen LogP contribution in [-0.2, 0) is 4.79 Å². The number of nitrogens with zero attached hydrogens (tertiary/aromatic N) is 1. The smallest absolute Gasteiger partial charge is 0.251 e. The first-order chi connectivity index (χ1) is 11.6. The van der Waals surface area contributed by atoms with E-state index in [1.807, 2.05) is 24.3 Å². The van der Waals surface area contributed by atoms with Gasteiger partial charge in [0, 0.05) is 29.2 Å². The number of nitrogens with one attached hydrogen (secondary N) is 1. The molecule has 5 nitrogen and oxygen atoms in total. The Balaban J connectivity index is 1.65. The maximum absolute atomic E-state index is 12.2. The van der Waals surface area contributed by atoms with E-state index in [9.17, 15) is 9.59 Å². The second-order valence-corrected chi connectivity index (χ2v) is 6.02. The summed E-state index contributed by atoms with van der Waals surface area (Å²) in [6.45, 7) is 0.449. The number of hydrogen-bond acceptors (Lipinski definition) is 3. The molecule has 1 atom stereocenters. The Labute approximate surface area is 145 Å². The minimum Gasteiger partial charge on any atom is -0.497 e. The number of rotatable bonds is 4. The van der Waals surface area contributed by atoms with Crippen LogP contribution in [0.2, 0.25) is 5.02 Å². The molecule has 0 aliphatic carbocycles. The molecule has 1 N–H and O–H groups in total. The van der Waals surface area contributed by atoms with Crippen LogP contribution in [0.3, 0.4) is 0 Å². The SMILES string of the molecule is COc1ccc(N2CC(NC(=O)c3ccc(Cl)cc3)CC2=O)cc1. The van der Waals surface area contributed by atoms with Crippen molar-refractivity contribution in [2.45, 2.75) is 12.5 Å². The zero-order chi connectivity index (χ0) is 17.1. The van der Waals surface area contributed by atoms with Crippen LogP contribution in [0.4, 0.5) is 5.69 Å². The van der Waals surface area contributed by atoms with Gasteiger partial charge >= 0.3 is 0 Å². The van der Waals surface area contributed by atoms with Crippen LogP contribution in [0.1, 0.15) is 16.8 Å². The van der Waals surface area contributed by atoms with E-state index in [1.54, 1.807) is 36.3 Å². The predicted molar refractivity (Wildman–Crippen MR) is 92.7 cm³/mol. The normalized spacial score (nSPS) is 17.0. The molecule has 0 bridgehead atoms. The fraction of sp³-hybridized carbons (Fsp3) is 0.222. The van der Waals surface area contributed by atoms with E-state index >= 15 is 0 Å². The highest BCUT2D eigenvalue weighted by Gasteiger charge is 2.31. The van der Waals surface area contributed by atoms with E-state index in [-0.39, 0.29) is 24.3 Å². The Hall–Kier alpha value is -2.53. The third-order valence-corrected chi connectivity index (χ3v) is 4.20. The highest BCUT2D eigenvalue weighted by atomic mass is 35.5. The molecule has 2 aromatic carbocycles. The van der Waals surface area contributed by atoms with Crippen LogP contribution in [0.15, 0.2) is 48.5 Å². The molecule has 0 saturated carbocycles. The van der Waals surface area contributed by atoms with Gasteiger partial charge in [-0.3, -0.25) is 9.59 Å². The molecule has 1 aliphatic heterocycles. The monoisotopic (exact) mass is 344 g/mol. The highest BCUT2D eigenvalue weighted by Crippen LogP contribution is 2.24. The molecule has 0 spiro atoms. The Bertz CT molecular complexity index is 744. The Morgan fingerprint density at radius 1 is 1.17 bits per heavy atom. The summed E-state index contributed by atoms with van der Waals surface area (Å²) in [5, 5.41) is 3.48. The van der Waals surface area contributed by atoms with E-state index in [0.29, 0.717) is 17.1 Å². The van der Waals surface area contributed by atoms with E-state index in [2.05, 4.69) is 5.32 Å². The van der Waals surface area contributed by atoms with Gasteiger partial charge in [-0.2, -0.15) is 0 Å². The van der Waals surface area contributed by atoms with E-state index in [0.717, 1.165) is 11.4 Å². The summed E-state index contributed by atoms with van der Waals surface area (Å²) in [5.41, 5.74) is 1.32. The Morgan fingerprint density at radius 2 is 1.83 bits per heavy atom. The number of amides is 2. The first-order valence-corrected chi connectivity index (χ1v) is 7.95. The number of anilines is 1. The van der Waals surface area contributed by atoms with E-state index < -0.39 is 0 Å². The first kappa shape index (κ1) is 16.3. The summed E-state index contributed by atoms with van der Waals surface area (Å²) >= 11 is 5.82. The highest BCUT2D eigenvalue weighted by molar-refractivity contribution is 6.30. The summed E-state index contributed by atoms with van der Waals surface area (Å²) in [7, 11) is 1.60. The van der Waals surface area contributed by atoms with E-state index in [4.69, 9.17) is 16.3 Å². The van der Waals surface area contributed by atoms with Crippen LogP contribution in [-0.4, -0.2) is 31.5 Å². The number of halogens is 1. The van der Waals surface area contributed by atoms with Crippen molar-refractivity contribution in [3.63, 3.8) is 0 Å². The van der Waals surface area contributed by atoms with Crippen LogP contribution in [0.5, 0.6) is 5.75 Å². The van der Waals surface area contributed by atoms with Crippen molar-refractivity contribution in [3.05, 3.63) is 59.1 Å². The molecule has 0 aromatic heterocycles. The molecule has 6 heteroatoms. The third-order valence-electron chi connectivity index (χ3n) is 3.95. The van der Waals surface area contributed by atoms with Gasteiger partial charge in [-0.15, -0.1) is 0 Å².